The number of esters is 1. The van der Waals surface area contributed by atoms with Crippen LogP contribution in [-0.4, -0.2) is 39.0 Å². The molecule has 0 aliphatic rings. The lowest BCUT2D eigenvalue weighted by molar-refractivity contribution is -0.137. The number of hydrogen-bond acceptors (Lipinski definition) is 6. The van der Waals surface area contributed by atoms with E-state index >= 15 is 0 Å². The first-order valence-electron chi connectivity index (χ1n) is 16.7. The Balaban J connectivity index is 3.46. The van der Waals surface area contributed by atoms with Gasteiger partial charge in [0, 0.05) is 11.6 Å². The van der Waals surface area contributed by atoms with Crippen LogP contribution in [0.5, 0.6) is 23.0 Å². The number of unbranched alkanes of at least 4 members (excludes halogenated alkanes) is 12. The van der Waals surface area contributed by atoms with Crippen LogP contribution in [-0.2, 0) is 9.53 Å². The summed E-state index contributed by atoms with van der Waals surface area (Å²) in [6.07, 6.45) is 20.9. The lowest BCUT2D eigenvalue weighted by atomic mass is 10.1. The molecule has 0 atom stereocenters. The van der Waals surface area contributed by atoms with Gasteiger partial charge in [0.2, 0.25) is 11.5 Å². The lowest BCUT2D eigenvalue weighted by Crippen LogP contribution is -2.10. The molecule has 0 aliphatic heterocycles. The highest BCUT2D eigenvalue weighted by Crippen LogP contribution is 2.48. The minimum absolute atomic E-state index is 0.326. The van der Waals surface area contributed by atoms with Crippen molar-refractivity contribution in [1.29, 1.82) is 0 Å². The monoisotopic (exact) mass is 576 g/mol. The lowest BCUT2D eigenvalue weighted by Gasteiger charge is -2.22. The second-order valence-electron chi connectivity index (χ2n) is 10.7. The van der Waals surface area contributed by atoms with E-state index in [-0.39, 0.29) is 5.97 Å². The van der Waals surface area contributed by atoms with Crippen molar-refractivity contribution in [3.63, 3.8) is 0 Å². The highest BCUT2D eigenvalue weighted by atomic mass is 16.6. The molecule has 6 nitrogen and oxygen atoms in total. The van der Waals surface area contributed by atoms with Crippen LogP contribution in [0.4, 0.5) is 0 Å². The predicted molar refractivity (Wildman–Crippen MR) is 171 cm³/mol. The molecule has 0 saturated carbocycles. The molecule has 1 aromatic carbocycles. The SMILES string of the molecule is CCCCCCOc1cc(C=CC(=O)OCC)c(OCCCCCC)c(OCCCCCC)c1OCCCCCC. The van der Waals surface area contributed by atoms with Gasteiger partial charge in [-0.3, -0.25) is 0 Å². The summed E-state index contributed by atoms with van der Waals surface area (Å²) >= 11 is 0. The summed E-state index contributed by atoms with van der Waals surface area (Å²) in [6.45, 7) is 13.3. The maximum absolute atomic E-state index is 12.2. The third kappa shape index (κ3) is 16.6. The molecule has 0 amide bonds. The molecule has 0 spiro atoms. The average molecular weight is 577 g/mol. The topological polar surface area (TPSA) is 63.2 Å². The fourth-order valence-corrected chi connectivity index (χ4v) is 4.43. The largest absolute Gasteiger partial charge is 0.490 e. The Morgan fingerprint density at radius 2 is 1.00 bits per heavy atom. The molecule has 0 aliphatic carbocycles. The Morgan fingerprint density at radius 1 is 0.561 bits per heavy atom. The molecule has 236 valence electrons. The van der Waals surface area contributed by atoms with Gasteiger partial charge in [0.15, 0.2) is 11.5 Å². The first kappa shape index (κ1) is 36.7. The van der Waals surface area contributed by atoms with Gasteiger partial charge in [0.1, 0.15) is 0 Å². The summed E-state index contributed by atoms with van der Waals surface area (Å²) < 4.78 is 30.8. The van der Waals surface area contributed by atoms with E-state index in [9.17, 15) is 4.79 Å². The molecule has 0 radical (unpaired) electrons. The average Bonchev–Trinajstić information content (AvgIpc) is 2.97. The predicted octanol–water partition coefficient (Wildman–Crippen LogP) is 10.1. The molecule has 0 fully saturated rings. The van der Waals surface area contributed by atoms with E-state index in [1.807, 2.05) is 6.07 Å². The third-order valence-corrected chi connectivity index (χ3v) is 6.86. The van der Waals surface area contributed by atoms with Gasteiger partial charge in [-0.1, -0.05) is 105 Å². The van der Waals surface area contributed by atoms with E-state index in [2.05, 4.69) is 27.7 Å². The van der Waals surface area contributed by atoms with Crippen LogP contribution in [0.1, 0.15) is 143 Å². The zero-order valence-corrected chi connectivity index (χ0v) is 27.0. The number of benzene rings is 1. The van der Waals surface area contributed by atoms with Crippen molar-refractivity contribution in [2.24, 2.45) is 0 Å². The molecule has 41 heavy (non-hydrogen) atoms. The standard InChI is InChI=1S/C35H60O6/c1-6-11-15-19-25-38-31-29-30(23-24-32(36)37-10-5)33(39-26-20-16-12-7-2)35(41-28-22-18-14-9-4)34(31)40-27-21-17-13-8-3/h23-24,29H,6-22,25-28H2,1-5H3. The summed E-state index contributed by atoms with van der Waals surface area (Å²) in [5.74, 6) is 2.06. The molecule has 0 saturated heterocycles. The summed E-state index contributed by atoms with van der Waals surface area (Å²) in [6, 6.07) is 1.93. The van der Waals surface area contributed by atoms with Crippen LogP contribution in [0.25, 0.3) is 6.08 Å². The van der Waals surface area contributed by atoms with Crippen LogP contribution >= 0.6 is 0 Å². The van der Waals surface area contributed by atoms with Gasteiger partial charge in [-0.2, -0.15) is 0 Å². The van der Waals surface area contributed by atoms with Crippen LogP contribution in [0.3, 0.4) is 0 Å². The molecule has 0 bridgehead atoms. The number of ether oxygens (including phenoxy) is 5. The Bertz CT molecular complexity index is 819. The summed E-state index contributed by atoms with van der Waals surface area (Å²) in [5, 5.41) is 0. The van der Waals surface area contributed by atoms with Gasteiger partial charge in [0.05, 0.1) is 33.0 Å². The second kappa shape index (κ2) is 25.3. The summed E-state index contributed by atoms with van der Waals surface area (Å²) in [7, 11) is 0. The number of rotatable bonds is 27. The van der Waals surface area contributed by atoms with E-state index in [4.69, 9.17) is 23.7 Å². The Kier molecular flexibility index (Phi) is 22.7. The smallest absolute Gasteiger partial charge is 0.330 e. The molecule has 1 aromatic rings. The van der Waals surface area contributed by atoms with Crippen LogP contribution in [0.15, 0.2) is 12.1 Å². The number of hydrogen-bond donors (Lipinski definition) is 0. The van der Waals surface area contributed by atoms with Crippen LogP contribution in [0.2, 0.25) is 0 Å². The Labute approximate surface area is 251 Å². The molecule has 0 heterocycles. The Hall–Kier alpha value is -2.37. The van der Waals surface area contributed by atoms with Crippen molar-refractivity contribution in [1.82, 2.24) is 0 Å². The van der Waals surface area contributed by atoms with Crippen molar-refractivity contribution in [3.05, 3.63) is 17.7 Å². The molecular weight excluding hydrogens is 516 g/mol. The number of carbonyl (C=O) groups is 1. The van der Waals surface area contributed by atoms with Gasteiger partial charge in [-0.15, -0.1) is 0 Å². The first-order chi connectivity index (χ1) is 20.1. The molecule has 6 heteroatoms. The van der Waals surface area contributed by atoms with E-state index in [0.29, 0.717) is 56.0 Å². The zero-order valence-electron chi connectivity index (χ0n) is 27.0. The maximum atomic E-state index is 12.2. The summed E-state index contributed by atoms with van der Waals surface area (Å²) in [5.41, 5.74) is 0.735. The summed E-state index contributed by atoms with van der Waals surface area (Å²) in [4.78, 5) is 12.2. The fourth-order valence-electron chi connectivity index (χ4n) is 4.43. The quantitative estimate of drug-likeness (QED) is 0.0590. The van der Waals surface area contributed by atoms with Gasteiger partial charge >= 0.3 is 5.97 Å². The van der Waals surface area contributed by atoms with E-state index < -0.39 is 0 Å². The third-order valence-electron chi connectivity index (χ3n) is 6.86. The van der Waals surface area contributed by atoms with E-state index in [1.165, 1.54) is 57.4 Å². The van der Waals surface area contributed by atoms with Gasteiger partial charge in [-0.05, 0) is 44.7 Å². The van der Waals surface area contributed by atoms with Crippen molar-refractivity contribution in [3.8, 4) is 23.0 Å². The highest BCUT2D eigenvalue weighted by Gasteiger charge is 2.23. The minimum Gasteiger partial charge on any atom is -0.490 e. The molecule has 0 N–H and O–H groups in total. The van der Waals surface area contributed by atoms with Gasteiger partial charge in [-0.25, -0.2) is 4.79 Å². The van der Waals surface area contributed by atoms with Crippen LogP contribution < -0.4 is 18.9 Å². The van der Waals surface area contributed by atoms with Crippen molar-refractivity contribution >= 4 is 12.0 Å². The first-order valence-corrected chi connectivity index (χ1v) is 16.7. The highest BCUT2D eigenvalue weighted by molar-refractivity contribution is 5.88. The molecule has 1 rings (SSSR count). The fraction of sp³-hybridized carbons (Fsp3) is 0.743. The van der Waals surface area contributed by atoms with E-state index in [1.54, 1.807) is 13.0 Å². The molecular formula is C35H60O6. The molecule has 0 aromatic heterocycles. The van der Waals surface area contributed by atoms with Gasteiger partial charge in [0.25, 0.3) is 0 Å². The number of carbonyl (C=O) groups excluding carboxylic acids is 1. The van der Waals surface area contributed by atoms with Crippen LogP contribution in [0, 0.1) is 0 Å². The van der Waals surface area contributed by atoms with Crippen molar-refractivity contribution in [2.75, 3.05) is 33.0 Å². The minimum atomic E-state index is -0.387. The maximum Gasteiger partial charge on any atom is 0.330 e. The van der Waals surface area contributed by atoms with Crippen molar-refractivity contribution < 1.29 is 28.5 Å². The van der Waals surface area contributed by atoms with E-state index in [0.717, 1.165) is 56.9 Å². The van der Waals surface area contributed by atoms with Gasteiger partial charge < -0.3 is 23.7 Å². The van der Waals surface area contributed by atoms with Crippen molar-refractivity contribution in [2.45, 2.75) is 137 Å². The zero-order chi connectivity index (χ0) is 30.0. The second-order valence-corrected chi connectivity index (χ2v) is 10.7. The Morgan fingerprint density at radius 3 is 1.46 bits per heavy atom. The molecule has 0 unspecified atom stereocenters. The normalized spacial score (nSPS) is 11.1.